The minimum atomic E-state index is -0.451. The van der Waals surface area contributed by atoms with Gasteiger partial charge in [-0.05, 0) is 17.5 Å². The molecule has 0 aliphatic heterocycles. The number of pyridine rings is 2. The monoisotopic (exact) mass is 294 g/mol. The van der Waals surface area contributed by atoms with Crippen LogP contribution in [0.15, 0.2) is 54.9 Å². The van der Waals surface area contributed by atoms with E-state index in [0.717, 1.165) is 16.3 Å². The number of fused-ring (bicyclic) bond motifs is 1. The van der Waals surface area contributed by atoms with Crippen LogP contribution >= 0.6 is 0 Å². The molecule has 1 aromatic carbocycles. The number of rotatable bonds is 4. The average Bonchev–Trinajstić information content (AvgIpc) is 2.59. The van der Waals surface area contributed by atoms with Gasteiger partial charge in [0.05, 0.1) is 7.11 Å². The van der Waals surface area contributed by atoms with Gasteiger partial charge in [-0.3, -0.25) is 0 Å². The molecule has 0 N–H and O–H groups in total. The maximum atomic E-state index is 12.2. The second-order valence-corrected chi connectivity index (χ2v) is 4.67. The Bertz CT molecular complexity index is 795. The van der Waals surface area contributed by atoms with Crippen molar-refractivity contribution in [1.29, 1.82) is 0 Å². The van der Waals surface area contributed by atoms with Crippen molar-refractivity contribution in [2.75, 3.05) is 7.11 Å². The quantitative estimate of drug-likeness (QED) is 0.692. The Morgan fingerprint density at radius 3 is 2.73 bits per heavy atom. The predicted octanol–water partition coefficient (Wildman–Crippen LogP) is 3.00. The van der Waals surface area contributed by atoms with Crippen molar-refractivity contribution in [3.05, 3.63) is 66.1 Å². The number of hydrogen-bond donors (Lipinski definition) is 0. The number of hydrogen-bond acceptors (Lipinski definition) is 5. The molecule has 0 atom stereocenters. The van der Waals surface area contributed by atoms with Crippen molar-refractivity contribution in [2.45, 2.75) is 6.61 Å². The lowest BCUT2D eigenvalue weighted by atomic mass is 10.1. The topological polar surface area (TPSA) is 61.3 Å². The van der Waals surface area contributed by atoms with E-state index < -0.39 is 5.97 Å². The van der Waals surface area contributed by atoms with Gasteiger partial charge in [-0.25, -0.2) is 14.8 Å². The largest absolute Gasteiger partial charge is 0.481 e. The lowest BCUT2D eigenvalue weighted by Gasteiger charge is -2.07. The number of esters is 1. The summed E-state index contributed by atoms with van der Waals surface area (Å²) in [5.41, 5.74) is 1.11. The Kier molecular flexibility index (Phi) is 3.96. The van der Waals surface area contributed by atoms with Crippen molar-refractivity contribution in [3.63, 3.8) is 0 Å². The Morgan fingerprint density at radius 1 is 1.09 bits per heavy atom. The minimum Gasteiger partial charge on any atom is -0.481 e. The van der Waals surface area contributed by atoms with E-state index >= 15 is 0 Å². The molecule has 0 spiro atoms. The van der Waals surface area contributed by atoms with Gasteiger partial charge in [-0.15, -0.1) is 0 Å². The van der Waals surface area contributed by atoms with Gasteiger partial charge in [-0.1, -0.05) is 24.3 Å². The summed E-state index contributed by atoms with van der Waals surface area (Å²) in [7, 11) is 1.55. The second-order valence-electron chi connectivity index (χ2n) is 4.67. The summed E-state index contributed by atoms with van der Waals surface area (Å²) >= 11 is 0. The summed E-state index contributed by atoms with van der Waals surface area (Å²) in [4.78, 5) is 20.4. The maximum absolute atomic E-state index is 12.2. The number of carbonyl (C=O) groups excluding carboxylic acids is 1. The first-order chi connectivity index (χ1) is 10.8. The van der Waals surface area contributed by atoms with Crippen molar-refractivity contribution < 1.29 is 14.3 Å². The van der Waals surface area contributed by atoms with Crippen molar-refractivity contribution in [2.24, 2.45) is 0 Å². The third-order valence-electron chi connectivity index (χ3n) is 3.24. The normalized spacial score (nSPS) is 10.4. The molecule has 3 rings (SSSR count). The summed E-state index contributed by atoms with van der Waals surface area (Å²) < 4.78 is 10.3. The predicted molar refractivity (Wildman–Crippen MR) is 81.7 cm³/mol. The van der Waals surface area contributed by atoms with Crippen LogP contribution in [0.25, 0.3) is 10.8 Å². The van der Waals surface area contributed by atoms with Gasteiger partial charge in [-0.2, -0.15) is 0 Å². The van der Waals surface area contributed by atoms with Crippen LogP contribution in [-0.4, -0.2) is 23.0 Å². The molecule has 0 saturated heterocycles. The first-order valence-electron chi connectivity index (χ1n) is 6.78. The lowest BCUT2D eigenvalue weighted by Crippen LogP contribution is -2.08. The number of benzene rings is 1. The van der Waals surface area contributed by atoms with Gasteiger partial charge in [0.15, 0.2) is 5.69 Å². The van der Waals surface area contributed by atoms with E-state index in [0.29, 0.717) is 11.6 Å². The summed E-state index contributed by atoms with van der Waals surface area (Å²) in [5.74, 6) is 0.0680. The standard InChI is InChI=1S/C17H14N2O3/c1-21-15-7-6-12(10-19-15)11-22-17(20)16-14-5-3-2-4-13(14)8-9-18-16/h2-10H,11H2,1H3. The zero-order chi connectivity index (χ0) is 15.4. The van der Waals surface area contributed by atoms with E-state index in [4.69, 9.17) is 9.47 Å². The molecule has 0 unspecified atom stereocenters. The Hall–Kier alpha value is -2.95. The smallest absolute Gasteiger partial charge is 0.357 e. The van der Waals surface area contributed by atoms with Crippen molar-refractivity contribution >= 4 is 16.7 Å². The SMILES string of the molecule is COc1ccc(COC(=O)c2nccc3ccccc23)cn1. The van der Waals surface area contributed by atoms with Gasteiger partial charge < -0.3 is 9.47 Å². The van der Waals surface area contributed by atoms with Crippen LogP contribution in [0.5, 0.6) is 5.88 Å². The first-order valence-corrected chi connectivity index (χ1v) is 6.78. The average molecular weight is 294 g/mol. The molecule has 3 aromatic rings. The van der Waals surface area contributed by atoms with Crippen LogP contribution in [0.2, 0.25) is 0 Å². The van der Waals surface area contributed by atoms with Gasteiger partial charge >= 0.3 is 5.97 Å². The number of methoxy groups -OCH3 is 1. The first kappa shape index (κ1) is 14.0. The molecular weight excluding hydrogens is 280 g/mol. The van der Waals surface area contributed by atoms with Crippen LogP contribution in [0.3, 0.4) is 0 Å². The van der Waals surface area contributed by atoms with Gasteiger partial charge in [0, 0.05) is 29.4 Å². The second kappa shape index (κ2) is 6.22. The van der Waals surface area contributed by atoms with Gasteiger partial charge in [0.2, 0.25) is 5.88 Å². The highest BCUT2D eigenvalue weighted by atomic mass is 16.5. The molecule has 2 heterocycles. The Labute approximate surface area is 127 Å². The molecular formula is C17H14N2O3. The molecule has 5 nitrogen and oxygen atoms in total. The molecule has 22 heavy (non-hydrogen) atoms. The highest BCUT2D eigenvalue weighted by Crippen LogP contribution is 2.17. The van der Waals surface area contributed by atoms with E-state index in [2.05, 4.69) is 9.97 Å². The molecule has 5 heteroatoms. The third kappa shape index (κ3) is 2.88. The number of aromatic nitrogens is 2. The van der Waals surface area contributed by atoms with E-state index in [1.165, 1.54) is 0 Å². The van der Waals surface area contributed by atoms with Crippen molar-refractivity contribution in [3.8, 4) is 5.88 Å². The van der Waals surface area contributed by atoms with Gasteiger partial charge in [0.25, 0.3) is 0 Å². The van der Waals surface area contributed by atoms with Crippen LogP contribution in [0, 0.1) is 0 Å². The van der Waals surface area contributed by atoms with Crippen LogP contribution < -0.4 is 4.74 Å². The zero-order valence-electron chi connectivity index (χ0n) is 12.0. The van der Waals surface area contributed by atoms with Crippen LogP contribution in [0.4, 0.5) is 0 Å². The summed E-state index contributed by atoms with van der Waals surface area (Å²) in [6.07, 6.45) is 3.22. The van der Waals surface area contributed by atoms with E-state index in [1.54, 1.807) is 31.6 Å². The molecule has 110 valence electrons. The molecule has 0 aliphatic rings. The Morgan fingerprint density at radius 2 is 1.95 bits per heavy atom. The summed E-state index contributed by atoms with van der Waals surface area (Å²) in [6, 6.07) is 13.0. The van der Waals surface area contributed by atoms with E-state index in [9.17, 15) is 4.79 Å². The van der Waals surface area contributed by atoms with Gasteiger partial charge in [0.1, 0.15) is 6.61 Å². The number of carbonyl (C=O) groups is 1. The molecule has 0 radical (unpaired) electrons. The highest BCUT2D eigenvalue weighted by molar-refractivity contribution is 6.02. The number of nitrogens with zero attached hydrogens (tertiary/aromatic N) is 2. The number of ether oxygens (including phenoxy) is 2. The molecule has 0 fully saturated rings. The zero-order valence-corrected chi connectivity index (χ0v) is 12.0. The Balaban J connectivity index is 1.75. The van der Waals surface area contributed by atoms with E-state index in [1.807, 2.05) is 30.3 Å². The lowest BCUT2D eigenvalue weighted by molar-refractivity contribution is 0.0468. The fourth-order valence-electron chi connectivity index (χ4n) is 2.12. The van der Waals surface area contributed by atoms with Crippen LogP contribution in [0.1, 0.15) is 16.1 Å². The fourth-order valence-corrected chi connectivity index (χ4v) is 2.12. The summed E-state index contributed by atoms with van der Waals surface area (Å²) in [6.45, 7) is 0.140. The third-order valence-corrected chi connectivity index (χ3v) is 3.24. The highest BCUT2D eigenvalue weighted by Gasteiger charge is 2.13. The van der Waals surface area contributed by atoms with Crippen molar-refractivity contribution in [1.82, 2.24) is 9.97 Å². The molecule has 0 amide bonds. The molecule has 0 bridgehead atoms. The van der Waals surface area contributed by atoms with E-state index in [-0.39, 0.29) is 6.61 Å². The van der Waals surface area contributed by atoms with Crippen LogP contribution in [-0.2, 0) is 11.3 Å². The molecule has 2 aromatic heterocycles. The summed E-state index contributed by atoms with van der Waals surface area (Å²) in [5, 5.41) is 1.73. The fraction of sp³-hybridized carbons (Fsp3) is 0.118. The minimum absolute atomic E-state index is 0.140. The molecule has 0 aliphatic carbocycles. The maximum Gasteiger partial charge on any atom is 0.357 e. The molecule has 0 saturated carbocycles.